The Labute approximate surface area is 128 Å². The minimum absolute atomic E-state index is 0.0410. The Balaban J connectivity index is 2.65. The van der Waals surface area contributed by atoms with Crippen LogP contribution in [0.3, 0.4) is 0 Å². The zero-order chi connectivity index (χ0) is 15.6. The van der Waals surface area contributed by atoms with Gasteiger partial charge in [0.15, 0.2) is 0 Å². The highest BCUT2D eigenvalue weighted by atomic mass is 32.1. The monoisotopic (exact) mass is 302 g/mol. The summed E-state index contributed by atoms with van der Waals surface area (Å²) in [5, 5.41) is 0.951. The summed E-state index contributed by atoms with van der Waals surface area (Å²) in [4.78, 5) is 18.0. The van der Waals surface area contributed by atoms with Gasteiger partial charge in [0.05, 0.1) is 17.6 Å². The number of primary amides is 1. The van der Waals surface area contributed by atoms with Gasteiger partial charge in [-0.3, -0.25) is 4.79 Å². The largest absolute Gasteiger partial charge is 0.389 e. The molecular formula is C15H18N4OS. The number of anilines is 1. The Morgan fingerprint density at radius 1 is 1.33 bits per heavy atom. The molecule has 2 aromatic rings. The number of nitrogens with two attached hydrogens (primary N) is 2. The molecule has 4 N–H and O–H groups in total. The molecule has 0 aliphatic heterocycles. The van der Waals surface area contributed by atoms with Crippen molar-refractivity contribution < 1.29 is 4.79 Å². The van der Waals surface area contributed by atoms with Gasteiger partial charge >= 0.3 is 0 Å². The van der Waals surface area contributed by atoms with E-state index >= 15 is 0 Å². The number of carbonyl (C=O) groups excluding carboxylic acids is 1. The van der Waals surface area contributed by atoms with Crippen molar-refractivity contribution in [2.24, 2.45) is 11.5 Å². The topological polar surface area (TPSA) is 85.2 Å². The van der Waals surface area contributed by atoms with E-state index in [0.717, 1.165) is 10.9 Å². The van der Waals surface area contributed by atoms with Gasteiger partial charge in [-0.05, 0) is 26.0 Å². The highest BCUT2D eigenvalue weighted by Crippen LogP contribution is 2.25. The highest BCUT2D eigenvalue weighted by Gasteiger charge is 2.20. The Morgan fingerprint density at radius 3 is 2.57 bits per heavy atom. The maximum atomic E-state index is 11.3. The fourth-order valence-electron chi connectivity index (χ4n) is 2.18. The van der Waals surface area contributed by atoms with Gasteiger partial charge in [0.2, 0.25) is 5.91 Å². The molecule has 5 nitrogen and oxygen atoms in total. The predicted molar refractivity (Wildman–Crippen MR) is 89.3 cm³/mol. The van der Waals surface area contributed by atoms with E-state index in [2.05, 4.69) is 4.98 Å². The van der Waals surface area contributed by atoms with Crippen LogP contribution in [-0.2, 0) is 4.79 Å². The fourth-order valence-corrected chi connectivity index (χ4v) is 2.33. The summed E-state index contributed by atoms with van der Waals surface area (Å²) in [6.45, 7) is 3.99. The lowest BCUT2D eigenvalue weighted by Crippen LogP contribution is -2.40. The summed E-state index contributed by atoms with van der Waals surface area (Å²) >= 11 is 5.13. The Bertz CT molecular complexity index is 699. The molecule has 0 fully saturated rings. The normalized spacial score (nSPS) is 10.8. The second-order valence-corrected chi connectivity index (χ2v) is 5.54. The van der Waals surface area contributed by atoms with Crippen molar-refractivity contribution in [1.82, 2.24) is 4.98 Å². The first kappa shape index (κ1) is 15.2. The average Bonchev–Trinajstić information content (AvgIpc) is 2.42. The van der Waals surface area contributed by atoms with Crippen LogP contribution in [0.25, 0.3) is 10.9 Å². The quantitative estimate of drug-likeness (QED) is 0.819. The molecule has 1 amide bonds. The average molecular weight is 302 g/mol. The van der Waals surface area contributed by atoms with Gasteiger partial charge in [-0.25, -0.2) is 4.98 Å². The lowest BCUT2D eigenvalue weighted by Gasteiger charge is -2.28. The first-order valence-corrected chi connectivity index (χ1v) is 7.05. The molecule has 0 unspecified atom stereocenters. The van der Waals surface area contributed by atoms with Crippen LogP contribution < -0.4 is 16.4 Å². The van der Waals surface area contributed by atoms with Crippen LogP contribution >= 0.6 is 12.2 Å². The van der Waals surface area contributed by atoms with Gasteiger partial charge in [-0.1, -0.05) is 30.4 Å². The van der Waals surface area contributed by atoms with Crippen molar-refractivity contribution in [3.8, 4) is 0 Å². The number of pyridine rings is 1. The summed E-state index contributed by atoms with van der Waals surface area (Å²) in [5.41, 5.74) is 12.6. The van der Waals surface area contributed by atoms with Crippen molar-refractivity contribution >= 4 is 39.8 Å². The van der Waals surface area contributed by atoms with E-state index in [0.29, 0.717) is 11.4 Å². The van der Waals surface area contributed by atoms with Gasteiger partial charge in [0.25, 0.3) is 0 Å². The molecule has 21 heavy (non-hydrogen) atoms. The van der Waals surface area contributed by atoms with Crippen molar-refractivity contribution in [3.63, 3.8) is 0 Å². The van der Waals surface area contributed by atoms with E-state index in [-0.39, 0.29) is 17.6 Å². The molecule has 0 atom stereocenters. The van der Waals surface area contributed by atoms with Crippen LogP contribution in [0.15, 0.2) is 30.3 Å². The minimum atomic E-state index is -0.424. The smallest absolute Gasteiger partial charge is 0.237 e. The van der Waals surface area contributed by atoms with Gasteiger partial charge in [-0.15, -0.1) is 0 Å². The number of hydrogen-bond acceptors (Lipinski definition) is 4. The van der Waals surface area contributed by atoms with E-state index in [4.69, 9.17) is 23.7 Å². The number of aromatic nitrogens is 1. The molecule has 0 bridgehead atoms. The lowest BCUT2D eigenvalue weighted by molar-refractivity contribution is -0.116. The van der Waals surface area contributed by atoms with Crippen LogP contribution in [-0.4, -0.2) is 28.5 Å². The number of benzene rings is 1. The standard InChI is InChI=1S/C15H18N4OS/c1-9(2)19(8-13(16)20)15-11(14(17)21)7-10-5-3-4-6-12(10)18-15/h3-7,9H,8H2,1-2H3,(H2,16,20)(H2,17,21). The molecule has 1 aromatic heterocycles. The minimum Gasteiger partial charge on any atom is -0.389 e. The highest BCUT2D eigenvalue weighted by molar-refractivity contribution is 7.80. The molecule has 110 valence electrons. The van der Waals surface area contributed by atoms with Gasteiger partial charge in [0.1, 0.15) is 10.8 Å². The number of fused-ring (bicyclic) bond motifs is 1. The van der Waals surface area contributed by atoms with E-state index in [1.807, 2.05) is 49.1 Å². The van der Waals surface area contributed by atoms with Crippen molar-refractivity contribution in [3.05, 3.63) is 35.9 Å². The SMILES string of the molecule is CC(C)N(CC(N)=O)c1nc2ccccc2cc1C(N)=S. The molecule has 1 aromatic carbocycles. The third-order valence-electron chi connectivity index (χ3n) is 3.19. The molecule has 0 radical (unpaired) electrons. The molecule has 0 aliphatic rings. The summed E-state index contributed by atoms with van der Waals surface area (Å²) < 4.78 is 0. The van der Waals surface area contributed by atoms with Gasteiger partial charge in [0, 0.05) is 11.4 Å². The molecule has 0 saturated carbocycles. The van der Waals surface area contributed by atoms with Crippen LogP contribution in [0.2, 0.25) is 0 Å². The zero-order valence-electron chi connectivity index (χ0n) is 12.0. The van der Waals surface area contributed by atoms with E-state index in [1.54, 1.807) is 0 Å². The zero-order valence-corrected chi connectivity index (χ0v) is 12.9. The van der Waals surface area contributed by atoms with E-state index in [1.165, 1.54) is 0 Å². The Kier molecular flexibility index (Phi) is 4.37. The van der Waals surface area contributed by atoms with Crippen LogP contribution in [0.5, 0.6) is 0 Å². The second-order valence-electron chi connectivity index (χ2n) is 5.10. The Hall–Kier alpha value is -2.21. The van der Waals surface area contributed by atoms with E-state index < -0.39 is 5.91 Å². The number of hydrogen-bond donors (Lipinski definition) is 2. The number of nitrogens with zero attached hydrogens (tertiary/aromatic N) is 2. The summed E-state index contributed by atoms with van der Waals surface area (Å²) in [6, 6.07) is 9.63. The molecular weight excluding hydrogens is 284 g/mol. The van der Waals surface area contributed by atoms with Crippen molar-refractivity contribution in [2.75, 3.05) is 11.4 Å². The van der Waals surface area contributed by atoms with Crippen molar-refractivity contribution in [1.29, 1.82) is 0 Å². The molecule has 0 saturated heterocycles. The third kappa shape index (κ3) is 3.28. The lowest BCUT2D eigenvalue weighted by atomic mass is 10.1. The Morgan fingerprint density at radius 2 is 2.00 bits per heavy atom. The number of para-hydroxylation sites is 1. The number of amides is 1. The first-order valence-electron chi connectivity index (χ1n) is 6.64. The second kappa shape index (κ2) is 6.05. The number of rotatable bonds is 5. The maximum Gasteiger partial charge on any atom is 0.237 e. The van der Waals surface area contributed by atoms with Crippen LogP contribution in [0.1, 0.15) is 19.4 Å². The van der Waals surface area contributed by atoms with Gasteiger partial charge in [-0.2, -0.15) is 0 Å². The number of carbonyl (C=O) groups is 1. The maximum absolute atomic E-state index is 11.3. The van der Waals surface area contributed by atoms with Crippen molar-refractivity contribution in [2.45, 2.75) is 19.9 Å². The first-order chi connectivity index (χ1) is 9.90. The molecule has 0 spiro atoms. The summed E-state index contributed by atoms with van der Waals surface area (Å²) in [5.74, 6) is 0.169. The summed E-state index contributed by atoms with van der Waals surface area (Å²) in [7, 11) is 0. The van der Waals surface area contributed by atoms with E-state index in [9.17, 15) is 4.79 Å². The van der Waals surface area contributed by atoms with Crippen LogP contribution in [0, 0.1) is 0 Å². The van der Waals surface area contributed by atoms with Gasteiger partial charge < -0.3 is 16.4 Å². The fraction of sp³-hybridized carbons (Fsp3) is 0.267. The van der Waals surface area contributed by atoms with Crippen LogP contribution in [0.4, 0.5) is 5.82 Å². The molecule has 1 heterocycles. The third-order valence-corrected chi connectivity index (χ3v) is 3.41. The molecule has 0 aliphatic carbocycles. The molecule has 6 heteroatoms. The molecule has 2 rings (SSSR count). The number of thiocarbonyl (C=S) groups is 1. The summed E-state index contributed by atoms with van der Waals surface area (Å²) in [6.07, 6.45) is 0. The predicted octanol–water partition coefficient (Wildman–Crippen LogP) is 1.57.